The molecule has 0 saturated heterocycles. The van der Waals surface area contributed by atoms with Gasteiger partial charge in [-0.2, -0.15) is 0 Å². The summed E-state index contributed by atoms with van der Waals surface area (Å²) in [6.45, 7) is 0. The van der Waals surface area contributed by atoms with Crippen LogP contribution in [0.3, 0.4) is 0 Å². The number of ether oxygens (including phenoxy) is 4. The van der Waals surface area contributed by atoms with E-state index in [2.05, 4.69) is 5.32 Å². The molecule has 0 atom stereocenters. The van der Waals surface area contributed by atoms with E-state index in [1.54, 1.807) is 25.3 Å². The lowest BCUT2D eigenvalue weighted by Crippen LogP contribution is -2.40. The largest absolute Gasteiger partial charge is 0.497 e. The molecule has 1 amide bonds. The molecule has 6 nitrogen and oxygen atoms in total. The van der Waals surface area contributed by atoms with E-state index in [0.29, 0.717) is 28.5 Å². The highest BCUT2D eigenvalue weighted by atomic mass is 16.7. The predicted molar refractivity (Wildman–Crippen MR) is 101 cm³/mol. The van der Waals surface area contributed by atoms with Gasteiger partial charge in [0.25, 0.3) is 11.7 Å². The zero-order valence-corrected chi connectivity index (χ0v) is 15.5. The van der Waals surface area contributed by atoms with Crippen molar-refractivity contribution in [3.05, 3.63) is 42.0 Å². The number of carbonyl (C=O) groups excluding carboxylic acids is 1. The van der Waals surface area contributed by atoms with Crippen LogP contribution in [0, 0.1) is 0 Å². The second-order valence-corrected chi connectivity index (χ2v) is 6.86. The van der Waals surface area contributed by atoms with Gasteiger partial charge >= 0.3 is 0 Å². The van der Waals surface area contributed by atoms with Crippen molar-refractivity contribution in [2.24, 2.45) is 0 Å². The number of nitrogens with one attached hydrogen (secondary N) is 1. The Morgan fingerprint density at radius 3 is 2.48 bits per heavy atom. The van der Waals surface area contributed by atoms with Crippen LogP contribution >= 0.6 is 0 Å². The molecule has 1 aliphatic carbocycles. The summed E-state index contributed by atoms with van der Waals surface area (Å²) in [4.78, 5) is 12.7. The Balaban J connectivity index is 1.53. The molecule has 1 fully saturated rings. The summed E-state index contributed by atoms with van der Waals surface area (Å²) in [6, 6.07) is 10.6. The van der Waals surface area contributed by atoms with E-state index in [0.717, 1.165) is 31.4 Å². The molecule has 4 rings (SSSR count). The van der Waals surface area contributed by atoms with E-state index in [9.17, 15) is 4.79 Å². The fraction of sp³-hybridized carbons (Fsp3) is 0.381. The Morgan fingerprint density at radius 2 is 1.74 bits per heavy atom. The van der Waals surface area contributed by atoms with E-state index in [4.69, 9.17) is 18.9 Å². The van der Waals surface area contributed by atoms with Gasteiger partial charge in [-0.3, -0.25) is 4.79 Å². The molecule has 2 aromatic carbocycles. The number of benzene rings is 2. The number of hydrogen-bond acceptors (Lipinski definition) is 5. The summed E-state index contributed by atoms with van der Waals surface area (Å²) in [7, 11) is 3.09. The molecule has 1 spiro atoms. The lowest BCUT2D eigenvalue weighted by molar-refractivity contribution is -0.105. The summed E-state index contributed by atoms with van der Waals surface area (Å²) in [6.07, 6.45) is 5.21. The van der Waals surface area contributed by atoms with Crippen LogP contribution in [0.4, 0.5) is 5.69 Å². The lowest BCUT2D eigenvalue weighted by Gasteiger charge is -2.31. The van der Waals surface area contributed by atoms with Gasteiger partial charge in [0.2, 0.25) is 0 Å². The fourth-order valence-corrected chi connectivity index (χ4v) is 3.66. The highest BCUT2D eigenvalue weighted by Gasteiger charge is 2.42. The molecular weight excluding hydrogens is 346 g/mol. The summed E-state index contributed by atoms with van der Waals surface area (Å²) < 4.78 is 22.7. The molecule has 2 aliphatic rings. The Labute approximate surface area is 158 Å². The quantitative estimate of drug-likeness (QED) is 0.866. The van der Waals surface area contributed by atoms with Gasteiger partial charge in [-0.25, -0.2) is 0 Å². The number of carbonyl (C=O) groups is 1. The molecular formula is C21H23NO5. The van der Waals surface area contributed by atoms with Crippen LogP contribution in [0.5, 0.6) is 23.0 Å². The lowest BCUT2D eigenvalue weighted by atomic mass is 9.94. The van der Waals surface area contributed by atoms with Crippen molar-refractivity contribution >= 4 is 11.6 Å². The van der Waals surface area contributed by atoms with Crippen molar-refractivity contribution in [1.82, 2.24) is 0 Å². The SMILES string of the molecule is COc1ccc(OC)c(C(=O)Nc2ccc3c(c2)OC2(CCCCC2)O3)c1. The second-order valence-electron chi connectivity index (χ2n) is 6.86. The molecule has 0 radical (unpaired) electrons. The average molecular weight is 369 g/mol. The van der Waals surface area contributed by atoms with Crippen molar-refractivity contribution in [2.45, 2.75) is 37.9 Å². The number of anilines is 1. The summed E-state index contributed by atoms with van der Waals surface area (Å²) >= 11 is 0. The van der Waals surface area contributed by atoms with Crippen molar-refractivity contribution in [2.75, 3.05) is 19.5 Å². The van der Waals surface area contributed by atoms with Gasteiger partial charge in [-0.15, -0.1) is 0 Å². The first-order chi connectivity index (χ1) is 13.1. The molecule has 1 N–H and O–H groups in total. The molecule has 1 aliphatic heterocycles. The Hall–Kier alpha value is -2.89. The van der Waals surface area contributed by atoms with Gasteiger partial charge in [-0.1, -0.05) is 6.42 Å². The fourth-order valence-electron chi connectivity index (χ4n) is 3.66. The van der Waals surface area contributed by atoms with Crippen LogP contribution < -0.4 is 24.3 Å². The summed E-state index contributed by atoms with van der Waals surface area (Å²) in [5, 5.41) is 2.90. The Kier molecular flexibility index (Phi) is 4.56. The van der Waals surface area contributed by atoms with Crippen LogP contribution in [0.1, 0.15) is 42.5 Å². The van der Waals surface area contributed by atoms with Gasteiger partial charge in [0.15, 0.2) is 11.5 Å². The standard InChI is InChI=1S/C21H23NO5/c1-24-15-7-9-17(25-2)16(13-15)20(23)22-14-6-8-18-19(12-14)27-21(26-18)10-4-3-5-11-21/h6-9,12-13H,3-5,10-11H2,1-2H3,(H,22,23). The monoisotopic (exact) mass is 369 g/mol. The molecule has 0 bridgehead atoms. The maximum Gasteiger partial charge on any atom is 0.259 e. The van der Waals surface area contributed by atoms with Crippen LogP contribution in [0.15, 0.2) is 36.4 Å². The molecule has 6 heteroatoms. The summed E-state index contributed by atoms with van der Waals surface area (Å²) in [5.41, 5.74) is 1.04. The van der Waals surface area contributed by atoms with Crippen molar-refractivity contribution in [3.63, 3.8) is 0 Å². The third-order valence-electron chi connectivity index (χ3n) is 5.06. The average Bonchev–Trinajstić information content (AvgIpc) is 3.04. The van der Waals surface area contributed by atoms with Crippen LogP contribution in [-0.4, -0.2) is 25.9 Å². The normalized spacial score (nSPS) is 16.8. The van der Waals surface area contributed by atoms with Crippen LogP contribution in [-0.2, 0) is 0 Å². The van der Waals surface area contributed by atoms with E-state index in [1.165, 1.54) is 13.5 Å². The van der Waals surface area contributed by atoms with Gasteiger partial charge in [0.1, 0.15) is 11.5 Å². The summed E-state index contributed by atoms with van der Waals surface area (Å²) in [5.74, 6) is 1.67. The van der Waals surface area contributed by atoms with E-state index in [1.807, 2.05) is 18.2 Å². The zero-order valence-electron chi connectivity index (χ0n) is 15.5. The maximum atomic E-state index is 12.7. The minimum atomic E-state index is -0.529. The third kappa shape index (κ3) is 3.39. The number of fused-ring (bicyclic) bond motifs is 1. The highest BCUT2D eigenvalue weighted by molar-refractivity contribution is 6.06. The van der Waals surface area contributed by atoms with Crippen molar-refractivity contribution in [3.8, 4) is 23.0 Å². The number of rotatable bonds is 4. The molecule has 27 heavy (non-hydrogen) atoms. The number of methoxy groups -OCH3 is 2. The molecule has 1 heterocycles. The molecule has 0 aromatic heterocycles. The number of amides is 1. The zero-order chi connectivity index (χ0) is 18.9. The van der Waals surface area contributed by atoms with E-state index < -0.39 is 5.79 Å². The predicted octanol–water partition coefficient (Wildman–Crippen LogP) is 4.39. The minimum absolute atomic E-state index is 0.281. The van der Waals surface area contributed by atoms with Crippen molar-refractivity contribution in [1.29, 1.82) is 0 Å². The first kappa shape index (κ1) is 17.5. The van der Waals surface area contributed by atoms with Crippen LogP contribution in [0.25, 0.3) is 0 Å². The minimum Gasteiger partial charge on any atom is -0.497 e. The first-order valence-corrected chi connectivity index (χ1v) is 9.18. The number of hydrogen-bond donors (Lipinski definition) is 1. The topological polar surface area (TPSA) is 66.0 Å². The van der Waals surface area contributed by atoms with Gasteiger partial charge < -0.3 is 24.3 Å². The third-order valence-corrected chi connectivity index (χ3v) is 5.06. The van der Waals surface area contributed by atoms with E-state index in [-0.39, 0.29) is 5.91 Å². The van der Waals surface area contributed by atoms with Gasteiger partial charge in [0, 0.05) is 24.6 Å². The van der Waals surface area contributed by atoms with Crippen LogP contribution in [0.2, 0.25) is 0 Å². The smallest absolute Gasteiger partial charge is 0.259 e. The van der Waals surface area contributed by atoms with Crippen molar-refractivity contribution < 1.29 is 23.7 Å². The Bertz CT molecular complexity index is 858. The Morgan fingerprint density at radius 1 is 0.963 bits per heavy atom. The van der Waals surface area contributed by atoms with E-state index >= 15 is 0 Å². The molecule has 142 valence electrons. The van der Waals surface area contributed by atoms with Gasteiger partial charge in [0.05, 0.1) is 19.8 Å². The molecule has 0 unspecified atom stereocenters. The molecule has 2 aromatic rings. The first-order valence-electron chi connectivity index (χ1n) is 9.18. The second kappa shape index (κ2) is 7.02. The highest BCUT2D eigenvalue weighted by Crippen LogP contribution is 2.46. The molecule has 1 saturated carbocycles. The maximum absolute atomic E-state index is 12.7. The van der Waals surface area contributed by atoms with Gasteiger partial charge in [-0.05, 0) is 43.2 Å².